The largest absolute Gasteiger partial charge is 0.464 e. The van der Waals surface area contributed by atoms with Crippen LogP contribution in [-0.2, 0) is 14.3 Å². The highest BCUT2D eigenvalue weighted by Gasteiger charge is 2.26. The summed E-state index contributed by atoms with van der Waals surface area (Å²) in [6.45, 7) is 3.34. The Bertz CT molecular complexity index is 270. The molecule has 0 saturated carbocycles. The quantitative estimate of drug-likeness (QED) is 0.501. The van der Waals surface area contributed by atoms with Crippen LogP contribution in [0.25, 0.3) is 0 Å². The molecule has 1 aliphatic rings. The van der Waals surface area contributed by atoms with Crippen LogP contribution in [-0.4, -0.2) is 48.9 Å². The molecule has 0 aliphatic carbocycles. The van der Waals surface area contributed by atoms with Crippen LogP contribution < -0.4 is 0 Å². The number of likely N-dealkylation sites (tertiary alicyclic amines) is 1. The molecule has 0 aromatic carbocycles. The van der Waals surface area contributed by atoms with E-state index in [1.54, 1.807) is 6.92 Å². The molecule has 1 saturated heterocycles. The molecule has 0 spiro atoms. The zero-order valence-electron chi connectivity index (χ0n) is 9.35. The normalized spacial score (nSPS) is 19.2. The lowest BCUT2D eigenvalue weighted by Crippen LogP contribution is -2.41. The van der Waals surface area contributed by atoms with Gasteiger partial charge in [-0.05, 0) is 6.92 Å². The molecule has 6 nitrogen and oxygen atoms in total. The van der Waals surface area contributed by atoms with E-state index in [1.807, 2.05) is 4.90 Å². The zero-order valence-corrected chi connectivity index (χ0v) is 9.35. The predicted molar refractivity (Wildman–Crippen MR) is 56.9 cm³/mol. The molecule has 1 fully saturated rings. The number of ether oxygens (including phenoxy) is 1. The number of rotatable bonds is 5. The summed E-state index contributed by atoms with van der Waals surface area (Å²) in [5.41, 5.74) is 0. The molecule has 1 aliphatic heterocycles. The van der Waals surface area contributed by atoms with Crippen LogP contribution >= 0.6 is 0 Å². The van der Waals surface area contributed by atoms with Crippen LogP contribution in [0.1, 0.15) is 19.8 Å². The van der Waals surface area contributed by atoms with Gasteiger partial charge in [0.25, 0.3) is 0 Å². The van der Waals surface area contributed by atoms with Crippen molar-refractivity contribution < 1.29 is 14.3 Å². The number of carbonyl (C=O) groups excluding carboxylic acids is 2. The molecular formula is C10H16N2O4. The minimum Gasteiger partial charge on any atom is -0.464 e. The third-order valence-corrected chi connectivity index (χ3v) is 2.53. The Morgan fingerprint density at radius 2 is 2.12 bits per heavy atom. The van der Waals surface area contributed by atoms with Gasteiger partial charge in [0, 0.05) is 32.5 Å². The van der Waals surface area contributed by atoms with Gasteiger partial charge in [-0.2, -0.15) is 0 Å². The topological polar surface area (TPSA) is 76.0 Å². The van der Waals surface area contributed by atoms with E-state index < -0.39 is 12.0 Å². The maximum absolute atomic E-state index is 11.3. The van der Waals surface area contributed by atoms with Crippen LogP contribution in [0.2, 0.25) is 0 Å². The van der Waals surface area contributed by atoms with Crippen molar-refractivity contribution in [3.8, 4) is 0 Å². The van der Waals surface area contributed by atoms with Gasteiger partial charge in [0.2, 0.25) is 6.04 Å². The van der Waals surface area contributed by atoms with E-state index in [4.69, 9.17) is 4.74 Å². The van der Waals surface area contributed by atoms with Gasteiger partial charge in [0.1, 0.15) is 5.78 Å². The van der Waals surface area contributed by atoms with Crippen molar-refractivity contribution in [2.45, 2.75) is 25.8 Å². The second-order valence-corrected chi connectivity index (χ2v) is 3.71. The number of esters is 1. The maximum atomic E-state index is 11.3. The fourth-order valence-electron chi connectivity index (χ4n) is 1.62. The second-order valence-electron chi connectivity index (χ2n) is 3.71. The molecule has 0 radical (unpaired) electrons. The Morgan fingerprint density at radius 1 is 1.50 bits per heavy atom. The number of Topliss-reactive ketones (excluding diaryl/α,β-unsaturated/α-hetero) is 1. The summed E-state index contributed by atoms with van der Waals surface area (Å²) in [5, 5.41) is 2.77. The highest BCUT2D eigenvalue weighted by molar-refractivity contribution is 5.79. The summed E-state index contributed by atoms with van der Waals surface area (Å²) in [6, 6.07) is -0.979. The minimum atomic E-state index is -0.979. The SMILES string of the molecule is CCOC(=O)C(CN1CCC(=O)CC1)N=O. The van der Waals surface area contributed by atoms with E-state index in [-0.39, 0.29) is 18.9 Å². The van der Waals surface area contributed by atoms with Gasteiger partial charge in [0.15, 0.2) is 0 Å². The van der Waals surface area contributed by atoms with Crippen molar-refractivity contribution in [3.63, 3.8) is 0 Å². The van der Waals surface area contributed by atoms with Gasteiger partial charge in [0.05, 0.1) is 6.61 Å². The van der Waals surface area contributed by atoms with Gasteiger partial charge < -0.3 is 4.74 Å². The Morgan fingerprint density at radius 3 is 2.62 bits per heavy atom. The standard InChI is InChI=1S/C10H16N2O4/c1-2-16-10(14)9(11-15)7-12-5-3-8(13)4-6-12/h9H,2-7H2,1H3. The first-order valence-electron chi connectivity index (χ1n) is 5.40. The van der Waals surface area contributed by atoms with Crippen LogP contribution in [0, 0.1) is 4.91 Å². The number of piperidine rings is 1. The molecule has 16 heavy (non-hydrogen) atoms. The lowest BCUT2D eigenvalue weighted by atomic mass is 10.1. The van der Waals surface area contributed by atoms with Crippen molar-refractivity contribution >= 4 is 11.8 Å². The smallest absolute Gasteiger partial charge is 0.335 e. The fraction of sp³-hybridized carbons (Fsp3) is 0.800. The van der Waals surface area contributed by atoms with E-state index in [1.165, 1.54) is 0 Å². The monoisotopic (exact) mass is 228 g/mol. The number of nitrogens with zero attached hydrogens (tertiary/aromatic N) is 2. The van der Waals surface area contributed by atoms with Gasteiger partial charge >= 0.3 is 5.97 Å². The van der Waals surface area contributed by atoms with Gasteiger partial charge in [-0.3, -0.25) is 9.69 Å². The Hall–Kier alpha value is -1.30. The molecule has 6 heteroatoms. The highest BCUT2D eigenvalue weighted by atomic mass is 16.5. The van der Waals surface area contributed by atoms with E-state index in [2.05, 4.69) is 5.18 Å². The molecule has 0 N–H and O–H groups in total. The van der Waals surface area contributed by atoms with Crippen LogP contribution in [0.15, 0.2) is 5.18 Å². The summed E-state index contributed by atoms with van der Waals surface area (Å²) in [5.74, 6) is -0.364. The summed E-state index contributed by atoms with van der Waals surface area (Å²) < 4.78 is 4.73. The molecule has 0 amide bonds. The number of hydrogen-bond donors (Lipinski definition) is 0. The van der Waals surface area contributed by atoms with Gasteiger partial charge in [-0.25, -0.2) is 4.79 Å². The van der Waals surface area contributed by atoms with Gasteiger partial charge in [-0.15, -0.1) is 4.91 Å². The number of nitroso groups, excluding NO2 is 1. The molecule has 1 rings (SSSR count). The van der Waals surface area contributed by atoms with Crippen molar-refractivity contribution in [1.82, 2.24) is 4.90 Å². The molecule has 1 heterocycles. The third kappa shape index (κ3) is 3.69. The first kappa shape index (κ1) is 12.8. The van der Waals surface area contributed by atoms with Crippen LogP contribution in [0.4, 0.5) is 0 Å². The number of carbonyl (C=O) groups is 2. The first-order chi connectivity index (χ1) is 7.67. The average molecular weight is 228 g/mol. The zero-order chi connectivity index (χ0) is 12.0. The summed E-state index contributed by atoms with van der Waals surface area (Å²) in [4.78, 5) is 34.7. The van der Waals surface area contributed by atoms with E-state index >= 15 is 0 Å². The van der Waals surface area contributed by atoms with E-state index in [9.17, 15) is 14.5 Å². The number of hydrogen-bond acceptors (Lipinski definition) is 6. The average Bonchev–Trinajstić information content (AvgIpc) is 2.28. The van der Waals surface area contributed by atoms with Crippen LogP contribution in [0.5, 0.6) is 0 Å². The van der Waals surface area contributed by atoms with Crippen molar-refractivity contribution in [3.05, 3.63) is 4.91 Å². The van der Waals surface area contributed by atoms with Gasteiger partial charge in [-0.1, -0.05) is 5.18 Å². The lowest BCUT2D eigenvalue weighted by molar-refractivity contribution is -0.145. The minimum absolute atomic E-state index is 0.225. The lowest BCUT2D eigenvalue weighted by Gasteiger charge is -2.26. The molecule has 1 unspecified atom stereocenters. The Balaban J connectivity index is 2.41. The van der Waals surface area contributed by atoms with Crippen molar-refractivity contribution in [2.24, 2.45) is 5.18 Å². The maximum Gasteiger partial charge on any atom is 0.335 e. The molecule has 0 bridgehead atoms. The Labute approximate surface area is 93.9 Å². The molecule has 90 valence electrons. The molecule has 0 aromatic rings. The predicted octanol–water partition coefficient (Wildman–Crippen LogP) is 0.349. The third-order valence-electron chi connectivity index (χ3n) is 2.53. The molecular weight excluding hydrogens is 212 g/mol. The summed E-state index contributed by atoms with van der Waals surface area (Å²) in [7, 11) is 0. The van der Waals surface area contributed by atoms with E-state index in [0.717, 1.165) is 0 Å². The summed E-state index contributed by atoms with van der Waals surface area (Å²) >= 11 is 0. The molecule has 0 aromatic heterocycles. The van der Waals surface area contributed by atoms with E-state index in [0.29, 0.717) is 25.9 Å². The van der Waals surface area contributed by atoms with Crippen LogP contribution in [0.3, 0.4) is 0 Å². The summed E-state index contributed by atoms with van der Waals surface area (Å²) in [6.07, 6.45) is 0.961. The highest BCUT2D eigenvalue weighted by Crippen LogP contribution is 2.08. The van der Waals surface area contributed by atoms with Crippen molar-refractivity contribution in [1.29, 1.82) is 0 Å². The second kappa shape index (κ2) is 6.32. The fourth-order valence-corrected chi connectivity index (χ4v) is 1.62. The molecule has 1 atom stereocenters. The first-order valence-corrected chi connectivity index (χ1v) is 5.40. The number of ketones is 1. The van der Waals surface area contributed by atoms with Crippen molar-refractivity contribution in [2.75, 3.05) is 26.2 Å². The Kier molecular flexibility index (Phi) is 5.04.